The molecule has 2 heterocycles. The van der Waals surface area contributed by atoms with E-state index < -0.39 is 0 Å². The first-order chi connectivity index (χ1) is 19.2. The molecule has 0 aliphatic heterocycles. The van der Waals surface area contributed by atoms with Crippen LogP contribution in [-0.4, -0.2) is 17.0 Å². The first-order valence-corrected chi connectivity index (χ1v) is 13.7. The molecule has 0 atom stereocenters. The molecule has 0 saturated carbocycles. The molecule has 1 N–H and O–H groups in total. The zero-order chi connectivity index (χ0) is 26.8. The van der Waals surface area contributed by atoms with E-state index in [1.807, 2.05) is 53.2 Å². The number of aliphatic imine (C=N–C) groups is 1. The van der Waals surface area contributed by atoms with Crippen LogP contribution in [-0.2, 0) is 7.05 Å². The van der Waals surface area contributed by atoms with Crippen molar-refractivity contribution in [3.8, 4) is 11.1 Å². The number of hydrogen-bond acceptors (Lipinski definition) is 3. The van der Waals surface area contributed by atoms with Crippen molar-refractivity contribution in [2.75, 3.05) is 0 Å². The lowest BCUT2D eigenvalue weighted by Crippen LogP contribution is -2.02. The summed E-state index contributed by atoms with van der Waals surface area (Å²) in [6, 6.07) is 39.8. The van der Waals surface area contributed by atoms with Crippen LogP contribution in [0.25, 0.3) is 43.7 Å². The van der Waals surface area contributed by atoms with Crippen molar-refractivity contribution < 1.29 is 0 Å². The lowest BCUT2D eigenvalue weighted by atomic mass is 9.94. The largest absolute Gasteiger partial charge is 0.344 e. The van der Waals surface area contributed by atoms with Gasteiger partial charge in [0.1, 0.15) is 0 Å². The monoisotopic (exact) mass is 521 g/mol. The minimum atomic E-state index is 0.484. The van der Waals surface area contributed by atoms with Gasteiger partial charge in [0.15, 0.2) is 0 Å². The highest BCUT2D eigenvalue weighted by Crippen LogP contribution is 2.34. The highest BCUT2D eigenvalue weighted by molar-refractivity contribution is 7.08. The molecule has 0 radical (unpaired) electrons. The summed E-state index contributed by atoms with van der Waals surface area (Å²) in [6.45, 7) is 3.58. The van der Waals surface area contributed by atoms with Crippen LogP contribution in [0.15, 0.2) is 131 Å². The second-order valence-electron chi connectivity index (χ2n) is 9.37. The second-order valence-corrected chi connectivity index (χ2v) is 10.1. The van der Waals surface area contributed by atoms with Gasteiger partial charge in [-0.15, -0.1) is 11.3 Å². The molecule has 0 amide bonds. The fraction of sp³-hybridized carbons (Fsp3) is 0.0286. The molecule has 3 nitrogen and oxygen atoms in total. The third-order valence-electron chi connectivity index (χ3n) is 7.17. The third kappa shape index (κ3) is 4.45. The van der Waals surface area contributed by atoms with Crippen LogP contribution < -0.4 is 0 Å². The summed E-state index contributed by atoms with van der Waals surface area (Å²) in [5, 5.41) is 17.8. The van der Waals surface area contributed by atoms with Crippen molar-refractivity contribution in [1.82, 2.24) is 4.57 Å². The van der Waals surface area contributed by atoms with Crippen molar-refractivity contribution in [1.29, 1.82) is 5.41 Å². The number of aryl methyl sites for hydroxylation is 1. The molecule has 0 saturated heterocycles. The van der Waals surface area contributed by atoms with E-state index in [0.29, 0.717) is 5.71 Å². The predicted molar refractivity (Wildman–Crippen MR) is 169 cm³/mol. The highest BCUT2D eigenvalue weighted by atomic mass is 32.1. The Bertz CT molecular complexity index is 1960. The van der Waals surface area contributed by atoms with Crippen molar-refractivity contribution in [2.45, 2.75) is 0 Å². The van der Waals surface area contributed by atoms with Crippen LogP contribution in [0.1, 0.15) is 11.1 Å². The van der Waals surface area contributed by atoms with Gasteiger partial charge in [0.05, 0.1) is 11.4 Å². The predicted octanol–water partition coefficient (Wildman–Crippen LogP) is 9.65. The fourth-order valence-corrected chi connectivity index (χ4v) is 6.02. The summed E-state index contributed by atoms with van der Waals surface area (Å²) >= 11 is 1.54. The Morgan fingerprint density at radius 1 is 0.692 bits per heavy atom. The number of nitrogens with zero attached hydrogens (tertiary/aromatic N) is 2. The number of fused-ring (bicyclic) bond motifs is 5. The van der Waals surface area contributed by atoms with Gasteiger partial charge in [-0.25, -0.2) is 0 Å². The molecular formula is C35H27N3S. The van der Waals surface area contributed by atoms with Gasteiger partial charge in [0.2, 0.25) is 0 Å². The van der Waals surface area contributed by atoms with Crippen LogP contribution in [0.4, 0.5) is 5.69 Å². The van der Waals surface area contributed by atoms with E-state index >= 15 is 0 Å². The quantitative estimate of drug-likeness (QED) is 0.224. The van der Waals surface area contributed by atoms with Gasteiger partial charge in [0.25, 0.3) is 0 Å². The molecule has 188 valence electrons. The van der Waals surface area contributed by atoms with E-state index in [4.69, 9.17) is 5.41 Å². The zero-order valence-electron chi connectivity index (χ0n) is 21.6. The molecule has 7 aromatic rings. The smallest absolute Gasteiger partial charge is 0.0823 e. The standard InChI is InChI=1S/C18H14N2S.C17H13N/c1-20-17-12-21-11-16(17)18(19)15-10-6-5-9-14(15)13-7-3-2-4-8-13;1-18-15-9-5-4-8-14(15)17-13-7-3-2-6-12(13)10-11-16(17)18/h2-12,19H,1H2;2-11H,1H3. The Morgan fingerprint density at radius 2 is 1.38 bits per heavy atom. The lowest BCUT2D eigenvalue weighted by molar-refractivity contribution is 1.01. The molecule has 0 fully saturated rings. The molecule has 4 heteroatoms. The van der Waals surface area contributed by atoms with Crippen molar-refractivity contribution in [3.05, 3.63) is 137 Å². The summed E-state index contributed by atoms with van der Waals surface area (Å²) in [5.74, 6) is 0. The SMILES string of the molecule is C=Nc1cscc1C(=N)c1ccccc1-c1ccccc1.Cn1c2ccccc2c2c3ccccc3ccc21. The number of para-hydroxylation sites is 1. The van der Waals surface area contributed by atoms with Crippen LogP contribution in [0.3, 0.4) is 0 Å². The highest BCUT2D eigenvalue weighted by Gasteiger charge is 2.14. The fourth-order valence-electron chi connectivity index (χ4n) is 5.25. The number of rotatable bonds is 4. The summed E-state index contributed by atoms with van der Waals surface area (Å²) in [7, 11) is 2.14. The normalized spacial score (nSPS) is 10.9. The molecule has 39 heavy (non-hydrogen) atoms. The van der Waals surface area contributed by atoms with Crippen LogP contribution >= 0.6 is 11.3 Å². The van der Waals surface area contributed by atoms with E-state index in [2.05, 4.69) is 96.1 Å². The number of benzene rings is 5. The lowest BCUT2D eigenvalue weighted by Gasteiger charge is -2.11. The minimum absolute atomic E-state index is 0.484. The van der Waals surface area contributed by atoms with Gasteiger partial charge < -0.3 is 4.57 Å². The van der Waals surface area contributed by atoms with Gasteiger partial charge in [-0.3, -0.25) is 10.4 Å². The molecule has 5 aromatic carbocycles. The summed E-state index contributed by atoms with van der Waals surface area (Å²) in [5.41, 5.74) is 7.76. The van der Waals surface area contributed by atoms with Gasteiger partial charge in [0, 0.05) is 50.7 Å². The first-order valence-electron chi connectivity index (χ1n) is 12.8. The van der Waals surface area contributed by atoms with Crippen LogP contribution in [0.2, 0.25) is 0 Å². The van der Waals surface area contributed by atoms with Crippen molar-refractivity contribution >= 4 is 62.0 Å². The second kappa shape index (κ2) is 10.5. The van der Waals surface area contributed by atoms with Gasteiger partial charge in [-0.1, -0.05) is 103 Å². The number of hydrogen-bond donors (Lipinski definition) is 1. The van der Waals surface area contributed by atoms with E-state index in [0.717, 1.165) is 27.9 Å². The Kier molecular flexibility index (Phi) is 6.62. The van der Waals surface area contributed by atoms with E-state index in [1.165, 1.54) is 32.6 Å². The molecule has 0 bridgehead atoms. The maximum Gasteiger partial charge on any atom is 0.0823 e. The molecule has 0 aliphatic carbocycles. The van der Waals surface area contributed by atoms with E-state index in [9.17, 15) is 0 Å². The van der Waals surface area contributed by atoms with Gasteiger partial charge in [-0.05, 0) is 40.7 Å². The number of nitrogens with one attached hydrogen (secondary N) is 1. The number of aromatic nitrogens is 1. The zero-order valence-corrected chi connectivity index (χ0v) is 22.5. The average Bonchev–Trinajstić information content (AvgIpc) is 3.60. The third-order valence-corrected chi connectivity index (χ3v) is 7.90. The maximum absolute atomic E-state index is 8.54. The van der Waals surface area contributed by atoms with Crippen molar-refractivity contribution in [3.63, 3.8) is 0 Å². The molecule has 2 aromatic heterocycles. The minimum Gasteiger partial charge on any atom is -0.344 e. The number of thiophene rings is 1. The molecule has 0 aliphatic rings. The Labute approximate surface area is 231 Å². The topological polar surface area (TPSA) is 41.1 Å². The van der Waals surface area contributed by atoms with Crippen LogP contribution in [0.5, 0.6) is 0 Å². The molecular weight excluding hydrogens is 494 g/mol. The van der Waals surface area contributed by atoms with E-state index in [1.54, 1.807) is 11.3 Å². The summed E-state index contributed by atoms with van der Waals surface area (Å²) in [4.78, 5) is 4.00. The molecule has 7 rings (SSSR count). The van der Waals surface area contributed by atoms with Crippen LogP contribution in [0, 0.1) is 5.41 Å². The van der Waals surface area contributed by atoms with Crippen molar-refractivity contribution in [2.24, 2.45) is 12.0 Å². The first kappa shape index (κ1) is 24.5. The Balaban J connectivity index is 0.000000143. The maximum atomic E-state index is 8.54. The molecule has 0 spiro atoms. The average molecular weight is 522 g/mol. The summed E-state index contributed by atoms with van der Waals surface area (Å²) < 4.78 is 2.27. The molecule has 0 unspecified atom stereocenters. The van der Waals surface area contributed by atoms with Gasteiger partial charge >= 0.3 is 0 Å². The summed E-state index contributed by atoms with van der Waals surface area (Å²) in [6.07, 6.45) is 0. The van der Waals surface area contributed by atoms with Gasteiger partial charge in [-0.2, -0.15) is 0 Å². The Morgan fingerprint density at radius 3 is 2.21 bits per heavy atom. The Hall–Kier alpha value is -4.80. The van der Waals surface area contributed by atoms with E-state index in [-0.39, 0.29) is 0 Å².